The molecule has 1 aromatic heterocycles. The summed E-state index contributed by atoms with van der Waals surface area (Å²) in [6, 6.07) is 7.64. The van der Waals surface area contributed by atoms with Gasteiger partial charge in [-0.15, -0.1) is 5.10 Å². The lowest BCUT2D eigenvalue weighted by Crippen LogP contribution is -2.04. The number of benzene rings is 2. The van der Waals surface area contributed by atoms with Crippen LogP contribution in [0.5, 0.6) is 0 Å². The van der Waals surface area contributed by atoms with E-state index in [4.69, 9.17) is 0 Å². The van der Waals surface area contributed by atoms with Gasteiger partial charge in [0.15, 0.2) is 17.5 Å². The van der Waals surface area contributed by atoms with E-state index in [1.165, 1.54) is 17.8 Å². The second-order valence-electron chi connectivity index (χ2n) is 5.82. The molecular formula is C18H17F2N5. The van der Waals surface area contributed by atoms with E-state index >= 15 is 0 Å². The molecule has 0 unspecified atom stereocenters. The molecule has 0 saturated heterocycles. The summed E-state index contributed by atoms with van der Waals surface area (Å²) in [4.78, 5) is 4.31. The Morgan fingerprint density at radius 2 is 1.60 bits per heavy atom. The van der Waals surface area contributed by atoms with Crippen LogP contribution < -0.4 is 10.6 Å². The van der Waals surface area contributed by atoms with Gasteiger partial charge in [-0.05, 0) is 44.0 Å². The lowest BCUT2D eigenvalue weighted by Gasteiger charge is -2.13. The molecule has 0 atom stereocenters. The second-order valence-corrected chi connectivity index (χ2v) is 5.82. The van der Waals surface area contributed by atoms with Crippen molar-refractivity contribution in [2.75, 3.05) is 10.6 Å². The highest BCUT2D eigenvalue weighted by Crippen LogP contribution is 2.25. The molecule has 25 heavy (non-hydrogen) atoms. The third-order valence-electron chi connectivity index (χ3n) is 3.66. The number of anilines is 4. The maximum atomic E-state index is 13.3. The molecule has 1 heterocycles. The molecule has 0 aliphatic rings. The van der Waals surface area contributed by atoms with Gasteiger partial charge in [0.25, 0.3) is 0 Å². The molecular weight excluding hydrogens is 324 g/mol. The Balaban J connectivity index is 1.83. The molecule has 5 nitrogen and oxygen atoms in total. The van der Waals surface area contributed by atoms with Crippen LogP contribution in [-0.4, -0.2) is 15.2 Å². The number of hydrogen-bond acceptors (Lipinski definition) is 5. The summed E-state index contributed by atoms with van der Waals surface area (Å²) in [5.74, 6) is -1.16. The van der Waals surface area contributed by atoms with Crippen molar-refractivity contribution in [3.63, 3.8) is 0 Å². The summed E-state index contributed by atoms with van der Waals surface area (Å²) < 4.78 is 26.3. The van der Waals surface area contributed by atoms with Gasteiger partial charge in [-0.25, -0.2) is 8.78 Å². The first-order chi connectivity index (χ1) is 11.9. The molecule has 0 saturated carbocycles. The van der Waals surface area contributed by atoms with Crippen LogP contribution in [0.1, 0.15) is 16.7 Å². The summed E-state index contributed by atoms with van der Waals surface area (Å²) in [7, 11) is 0. The normalized spacial score (nSPS) is 10.6. The van der Waals surface area contributed by atoms with E-state index in [0.29, 0.717) is 17.5 Å². The van der Waals surface area contributed by atoms with Gasteiger partial charge >= 0.3 is 0 Å². The average molecular weight is 341 g/mol. The number of nitrogens with zero attached hydrogens (tertiary/aromatic N) is 3. The van der Waals surface area contributed by atoms with Gasteiger partial charge in [-0.3, -0.25) is 0 Å². The fraction of sp³-hybridized carbons (Fsp3) is 0.167. The number of hydrogen-bond donors (Lipinski definition) is 2. The van der Waals surface area contributed by atoms with Crippen molar-refractivity contribution in [1.29, 1.82) is 0 Å². The Morgan fingerprint density at radius 1 is 0.880 bits per heavy atom. The van der Waals surface area contributed by atoms with Gasteiger partial charge in [0, 0.05) is 17.4 Å². The fourth-order valence-corrected chi connectivity index (χ4v) is 2.63. The van der Waals surface area contributed by atoms with Crippen LogP contribution in [0.15, 0.2) is 36.5 Å². The first-order valence-electron chi connectivity index (χ1n) is 7.69. The number of aromatic nitrogens is 3. The van der Waals surface area contributed by atoms with Crippen molar-refractivity contribution in [2.45, 2.75) is 20.8 Å². The average Bonchev–Trinajstić information content (AvgIpc) is 2.55. The molecule has 0 aliphatic heterocycles. The Hall–Kier alpha value is -3.09. The number of nitrogens with one attached hydrogen (secondary N) is 2. The van der Waals surface area contributed by atoms with Crippen LogP contribution in [-0.2, 0) is 0 Å². The monoisotopic (exact) mass is 341 g/mol. The summed E-state index contributed by atoms with van der Waals surface area (Å²) in [5.41, 5.74) is 4.60. The van der Waals surface area contributed by atoms with Gasteiger partial charge in [0.2, 0.25) is 5.95 Å². The number of rotatable bonds is 4. The molecule has 0 fully saturated rings. The van der Waals surface area contributed by atoms with E-state index in [1.54, 1.807) is 0 Å². The number of aryl methyl sites for hydroxylation is 3. The van der Waals surface area contributed by atoms with Crippen LogP contribution in [0, 0.1) is 32.4 Å². The van der Waals surface area contributed by atoms with Gasteiger partial charge in [0.05, 0.1) is 6.20 Å². The van der Waals surface area contributed by atoms with Crippen molar-refractivity contribution in [1.82, 2.24) is 15.2 Å². The zero-order valence-electron chi connectivity index (χ0n) is 14.1. The second kappa shape index (κ2) is 6.80. The molecule has 0 spiro atoms. The van der Waals surface area contributed by atoms with Crippen molar-refractivity contribution >= 4 is 23.1 Å². The zero-order valence-corrected chi connectivity index (χ0v) is 14.1. The standard InChI is InChI=1S/C18H17F2N5/c1-10-6-11(2)17(12(3)7-10)24-18-23-16(9-21-25-18)22-13-4-5-14(19)15(20)8-13/h4-9H,1-3H3,(H2,22,23,24,25). The largest absolute Gasteiger partial charge is 0.339 e. The minimum absolute atomic E-state index is 0.308. The SMILES string of the molecule is Cc1cc(C)c(Nc2nncc(Nc3ccc(F)c(F)c3)n2)c(C)c1. The van der Waals surface area contributed by atoms with Gasteiger partial charge in [-0.1, -0.05) is 17.7 Å². The Morgan fingerprint density at radius 3 is 2.28 bits per heavy atom. The van der Waals surface area contributed by atoms with Crippen LogP contribution in [0.2, 0.25) is 0 Å². The first kappa shape index (κ1) is 16.8. The van der Waals surface area contributed by atoms with E-state index < -0.39 is 11.6 Å². The fourth-order valence-electron chi connectivity index (χ4n) is 2.63. The molecule has 0 radical (unpaired) electrons. The van der Waals surface area contributed by atoms with Crippen molar-refractivity contribution in [2.24, 2.45) is 0 Å². The summed E-state index contributed by atoms with van der Waals surface area (Å²) >= 11 is 0. The van der Waals surface area contributed by atoms with Crippen LogP contribution in [0.3, 0.4) is 0 Å². The first-order valence-corrected chi connectivity index (χ1v) is 7.69. The lowest BCUT2D eigenvalue weighted by molar-refractivity contribution is 0.509. The van der Waals surface area contributed by atoms with E-state index in [9.17, 15) is 8.78 Å². The topological polar surface area (TPSA) is 62.7 Å². The van der Waals surface area contributed by atoms with Crippen LogP contribution >= 0.6 is 0 Å². The zero-order chi connectivity index (χ0) is 18.0. The molecule has 3 rings (SSSR count). The summed E-state index contributed by atoms with van der Waals surface area (Å²) in [6.45, 7) is 6.03. The van der Waals surface area contributed by atoms with E-state index in [0.717, 1.165) is 28.9 Å². The highest BCUT2D eigenvalue weighted by Gasteiger charge is 2.08. The molecule has 7 heteroatoms. The van der Waals surface area contributed by atoms with Gasteiger partial charge in [-0.2, -0.15) is 10.1 Å². The summed E-state index contributed by atoms with van der Waals surface area (Å²) in [5, 5.41) is 13.9. The van der Waals surface area contributed by atoms with Crippen molar-refractivity contribution in [3.05, 3.63) is 64.9 Å². The molecule has 2 N–H and O–H groups in total. The Labute approximate surface area is 144 Å². The maximum absolute atomic E-state index is 13.3. The molecule has 0 amide bonds. The third kappa shape index (κ3) is 3.88. The van der Waals surface area contributed by atoms with E-state index in [1.807, 2.05) is 20.8 Å². The smallest absolute Gasteiger partial charge is 0.249 e. The van der Waals surface area contributed by atoms with Crippen LogP contribution in [0.25, 0.3) is 0 Å². The molecule has 2 aromatic carbocycles. The predicted molar refractivity (Wildman–Crippen MR) is 93.4 cm³/mol. The quantitative estimate of drug-likeness (QED) is 0.728. The minimum Gasteiger partial charge on any atom is -0.339 e. The minimum atomic E-state index is -0.934. The van der Waals surface area contributed by atoms with E-state index in [2.05, 4.69) is 37.9 Å². The van der Waals surface area contributed by atoms with Gasteiger partial charge in [0.1, 0.15) is 0 Å². The highest BCUT2D eigenvalue weighted by molar-refractivity contribution is 5.64. The van der Waals surface area contributed by atoms with E-state index in [-0.39, 0.29) is 0 Å². The van der Waals surface area contributed by atoms with Crippen LogP contribution in [0.4, 0.5) is 31.9 Å². The molecule has 0 bridgehead atoms. The molecule has 0 aliphatic carbocycles. The van der Waals surface area contributed by atoms with Crippen molar-refractivity contribution < 1.29 is 8.78 Å². The Bertz CT molecular complexity index is 904. The summed E-state index contributed by atoms with van der Waals surface area (Å²) in [6.07, 6.45) is 1.40. The molecule has 128 valence electrons. The van der Waals surface area contributed by atoms with Crippen molar-refractivity contribution in [3.8, 4) is 0 Å². The Kier molecular flexibility index (Phi) is 4.56. The lowest BCUT2D eigenvalue weighted by atomic mass is 10.1. The highest BCUT2D eigenvalue weighted by atomic mass is 19.2. The predicted octanol–water partition coefficient (Wildman–Crippen LogP) is 4.56. The van der Waals surface area contributed by atoms with Gasteiger partial charge < -0.3 is 10.6 Å². The maximum Gasteiger partial charge on any atom is 0.249 e. The number of halogens is 2. The molecule has 3 aromatic rings. The third-order valence-corrected chi connectivity index (χ3v) is 3.66.